The maximum atomic E-state index is 11.4. The van der Waals surface area contributed by atoms with Crippen LogP contribution in [-0.2, 0) is 4.79 Å². The van der Waals surface area contributed by atoms with E-state index in [9.17, 15) is 4.79 Å². The average Bonchev–Trinajstić information content (AvgIpc) is 2.96. The average molecular weight is 196 g/mol. The zero-order valence-corrected chi connectivity index (χ0v) is 9.12. The van der Waals surface area contributed by atoms with Crippen molar-refractivity contribution in [1.82, 2.24) is 10.2 Å². The Morgan fingerprint density at radius 3 is 2.86 bits per heavy atom. The van der Waals surface area contributed by atoms with Crippen LogP contribution in [0.3, 0.4) is 0 Å². The van der Waals surface area contributed by atoms with Crippen molar-refractivity contribution in [3.05, 3.63) is 12.7 Å². The molecule has 0 aromatic rings. The van der Waals surface area contributed by atoms with Gasteiger partial charge in [-0.3, -0.25) is 9.69 Å². The second-order valence-corrected chi connectivity index (χ2v) is 4.09. The molecule has 0 bridgehead atoms. The molecule has 1 amide bonds. The minimum absolute atomic E-state index is 0.0832. The Labute approximate surface area is 86.2 Å². The fourth-order valence-electron chi connectivity index (χ4n) is 1.55. The second-order valence-electron chi connectivity index (χ2n) is 4.09. The predicted molar refractivity (Wildman–Crippen MR) is 58.0 cm³/mol. The standard InChI is InChI=1S/C11H20N2O/c1-4-7-12-11(14)8-13(3)9(2)10-5-6-10/h4,9-10H,1,5-8H2,2-3H3,(H,12,14)/t9-/m0/s1. The van der Waals surface area contributed by atoms with Crippen molar-refractivity contribution in [2.75, 3.05) is 20.1 Å². The van der Waals surface area contributed by atoms with Crippen LogP contribution >= 0.6 is 0 Å². The Bertz CT molecular complexity index is 211. The molecule has 80 valence electrons. The summed E-state index contributed by atoms with van der Waals surface area (Å²) in [6.45, 7) is 6.80. The van der Waals surface area contributed by atoms with Crippen LogP contribution in [0.5, 0.6) is 0 Å². The van der Waals surface area contributed by atoms with E-state index < -0.39 is 0 Å². The highest BCUT2D eigenvalue weighted by atomic mass is 16.2. The van der Waals surface area contributed by atoms with Crippen molar-refractivity contribution in [2.45, 2.75) is 25.8 Å². The van der Waals surface area contributed by atoms with Gasteiger partial charge in [0.2, 0.25) is 5.91 Å². The quantitative estimate of drug-likeness (QED) is 0.643. The molecule has 1 saturated carbocycles. The molecule has 0 spiro atoms. The van der Waals surface area contributed by atoms with Crippen molar-refractivity contribution >= 4 is 5.91 Å². The molecule has 1 aliphatic carbocycles. The van der Waals surface area contributed by atoms with E-state index in [4.69, 9.17) is 0 Å². The van der Waals surface area contributed by atoms with Gasteiger partial charge in [0, 0.05) is 12.6 Å². The van der Waals surface area contributed by atoms with Gasteiger partial charge in [-0.2, -0.15) is 0 Å². The molecule has 0 heterocycles. The molecule has 0 saturated heterocycles. The lowest BCUT2D eigenvalue weighted by molar-refractivity contribution is -0.122. The number of amides is 1. The highest BCUT2D eigenvalue weighted by molar-refractivity contribution is 5.78. The largest absolute Gasteiger partial charge is 0.352 e. The summed E-state index contributed by atoms with van der Waals surface area (Å²) < 4.78 is 0. The van der Waals surface area contributed by atoms with E-state index in [1.165, 1.54) is 12.8 Å². The number of carbonyl (C=O) groups is 1. The molecule has 1 aliphatic rings. The highest BCUT2D eigenvalue weighted by Gasteiger charge is 2.30. The van der Waals surface area contributed by atoms with E-state index >= 15 is 0 Å². The van der Waals surface area contributed by atoms with Crippen LogP contribution in [0.15, 0.2) is 12.7 Å². The lowest BCUT2D eigenvalue weighted by atomic mass is 10.2. The molecule has 0 radical (unpaired) electrons. The first-order valence-corrected chi connectivity index (χ1v) is 5.23. The fourth-order valence-corrected chi connectivity index (χ4v) is 1.55. The SMILES string of the molecule is C=CCNC(=O)CN(C)[C@@H](C)C1CC1. The van der Waals surface area contributed by atoms with Crippen molar-refractivity contribution < 1.29 is 4.79 Å². The Balaban J connectivity index is 2.20. The van der Waals surface area contributed by atoms with E-state index in [1.54, 1.807) is 6.08 Å². The van der Waals surface area contributed by atoms with Crippen LogP contribution in [0.1, 0.15) is 19.8 Å². The minimum Gasteiger partial charge on any atom is -0.352 e. The minimum atomic E-state index is 0.0832. The van der Waals surface area contributed by atoms with Gasteiger partial charge in [0.25, 0.3) is 0 Å². The van der Waals surface area contributed by atoms with Crippen molar-refractivity contribution in [1.29, 1.82) is 0 Å². The van der Waals surface area contributed by atoms with Gasteiger partial charge in [-0.05, 0) is 32.7 Å². The van der Waals surface area contributed by atoms with Gasteiger partial charge >= 0.3 is 0 Å². The first-order valence-electron chi connectivity index (χ1n) is 5.23. The molecule has 0 unspecified atom stereocenters. The summed E-state index contributed by atoms with van der Waals surface area (Å²) in [7, 11) is 2.01. The Kier molecular flexibility index (Phi) is 4.14. The zero-order chi connectivity index (χ0) is 10.6. The van der Waals surface area contributed by atoms with Gasteiger partial charge in [-0.25, -0.2) is 0 Å². The van der Waals surface area contributed by atoms with E-state index in [0.717, 1.165) is 5.92 Å². The lowest BCUT2D eigenvalue weighted by Gasteiger charge is -2.23. The number of carbonyl (C=O) groups excluding carboxylic acids is 1. The van der Waals surface area contributed by atoms with Gasteiger partial charge < -0.3 is 5.32 Å². The molecule has 1 rings (SSSR count). The molecule has 1 fully saturated rings. The van der Waals surface area contributed by atoms with Crippen molar-refractivity contribution in [2.24, 2.45) is 5.92 Å². The van der Waals surface area contributed by atoms with Crippen LogP contribution < -0.4 is 5.32 Å². The summed E-state index contributed by atoms with van der Waals surface area (Å²) in [5.41, 5.74) is 0. The Morgan fingerprint density at radius 1 is 1.71 bits per heavy atom. The summed E-state index contributed by atoms with van der Waals surface area (Å²) in [5, 5.41) is 2.78. The maximum Gasteiger partial charge on any atom is 0.234 e. The van der Waals surface area contributed by atoms with Crippen molar-refractivity contribution in [3.63, 3.8) is 0 Å². The first-order chi connectivity index (χ1) is 6.65. The molecule has 0 aliphatic heterocycles. The monoisotopic (exact) mass is 196 g/mol. The van der Waals surface area contributed by atoms with E-state index in [0.29, 0.717) is 19.1 Å². The van der Waals surface area contributed by atoms with Crippen LogP contribution in [0, 0.1) is 5.92 Å². The summed E-state index contributed by atoms with van der Waals surface area (Å²) in [4.78, 5) is 13.5. The summed E-state index contributed by atoms with van der Waals surface area (Å²) >= 11 is 0. The molecule has 3 nitrogen and oxygen atoms in total. The molecular weight excluding hydrogens is 176 g/mol. The molecule has 14 heavy (non-hydrogen) atoms. The van der Waals surface area contributed by atoms with Crippen LogP contribution in [0.25, 0.3) is 0 Å². The predicted octanol–water partition coefficient (Wildman–Crippen LogP) is 1.02. The van der Waals surface area contributed by atoms with E-state index in [1.807, 2.05) is 7.05 Å². The molecule has 1 N–H and O–H groups in total. The Morgan fingerprint density at radius 2 is 2.36 bits per heavy atom. The number of likely N-dealkylation sites (N-methyl/N-ethyl adjacent to an activating group) is 1. The molecule has 3 heteroatoms. The van der Waals surface area contributed by atoms with Gasteiger partial charge in [-0.1, -0.05) is 6.08 Å². The smallest absolute Gasteiger partial charge is 0.234 e. The first kappa shape index (κ1) is 11.2. The summed E-state index contributed by atoms with van der Waals surface area (Å²) in [6, 6.07) is 0.532. The summed E-state index contributed by atoms with van der Waals surface area (Å²) in [6.07, 6.45) is 4.34. The highest BCUT2D eigenvalue weighted by Crippen LogP contribution is 2.34. The maximum absolute atomic E-state index is 11.4. The van der Waals surface area contributed by atoms with Gasteiger partial charge in [-0.15, -0.1) is 6.58 Å². The third kappa shape index (κ3) is 3.50. The molecule has 0 aromatic carbocycles. The third-order valence-corrected chi connectivity index (χ3v) is 2.84. The van der Waals surface area contributed by atoms with Gasteiger partial charge in [0.05, 0.1) is 6.54 Å². The lowest BCUT2D eigenvalue weighted by Crippen LogP contribution is -2.40. The van der Waals surface area contributed by atoms with Gasteiger partial charge in [0.15, 0.2) is 0 Å². The van der Waals surface area contributed by atoms with Crippen LogP contribution in [0.2, 0.25) is 0 Å². The van der Waals surface area contributed by atoms with E-state index in [2.05, 4.69) is 23.7 Å². The number of nitrogens with zero attached hydrogens (tertiary/aromatic N) is 1. The Hall–Kier alpha value is -0.830. The molecular formula is C11H20N2O. The molecule has 0 aromatic heterocycles. The van der Waals surface area contributed by atoms with E-state index in [-0.39, 0.29) is 5.91 Å². The van der Waals surface area contributed by atoms with Crippen molar-refractivity contribution in [3.8, 4) is 0 Å². The normalized spacial score (nSPS) is 17.9. The number of hydrogen-bond acceptors (Lipinski definition) is 2. The van der Waals surface area contributed by atoms with Crippen LogP contribution in [0.4, 0.5) is 0 Å². The van der Waals surface area contributed by atoms with Gasteiger partial charge in [0.1, 0.15) is 0 Å². The third-order valence-electron chi connectivity index (χ3n) is 2.84. The second kappa shape index (κ2) is 5.15. The fraction of sp³-hybridized carbons (Fsp3) is 0.727. The zero-order valence-electron chi connectivity index (χ0n) is 9.12. The van der Waals surface area contributed by atoms with Crippen LogP contribution in [-0.4, -0.2) is 37.0 Å². The summed E-state index contributed by atoms with van der Waals surface area (Å²) in [5.74, 6) is 0.895. The topological polar surface area (TPSA) is 32.3 Å². The molecule has 1 atom stereocenters. The number of rotatable bonds is 6. The number of hydrogen-bond donors (Lipinski definition) is 1. The number of nitrogens with one attached hydrogen (secondary N) is 1.